The molecule has 0 saturated heterocycles. The van der Waals surface area contributed by atoms with Crippen LogP contribution in [0.5, 0.6) is 5.75 Å². The Bertz CT molecular complexity index is 322. The Morgan fingerprint density at radius 3 is 2.47 bits per heavy atom. The first-order valence-electron chi connectivity index (χ1n) is 5.82. The minimum atomic E-state index is -0.801. The van der Waals surface area contributed by atoms with Crippen molar-refractivity contribution in [2.45, 2.75) is 32.0 Å². The van der Waals surface area contributed by atoms with Gasteiger partial charge in [0.05, 0.1) is 18.8 Å². The molecule has 4 heteroatoms. The second kappa shape index (κ2) is 6.59. The highest BCUT2D eigenvalue weighted by molar-refractivity contribution is 5.26. The van der Waals surface area contributed by atoms with Crippen molar-refractivity contribution in [1.82, 2.24) is 0 Å². The van der Waals surface area contributed by atoms with E-state index >= 15 is 0 Å². The lowest BCUT2D eigenvalue weighted by molar-refractivity contribution is 0.0536. The fraction of sp³-hybridized carbons (Fsp3) is 0.538. The summed E-state index contributed by atoms with van der Waals surface area (Å²) < 4.78 is 5.51. The molecule has 0 aromatic heterocycles. The Balaban J connectivity index is 2.26. The van der Waals surface area contributed by atoms with Crippen LogP contribution in [0.2, 0.25) is 0 Å². The largest absolute Gasteiger partial charge is 0.494 e. The average Bonchev–Trinajstić information content (AvgIpc) is 2.35. The fourth-order valence-electron chi connectivity index (χ4n) is 1.44. The summed E-state index contributed by atoms with van der Waals surface area (Å²) in [5.41, 5.74) is 5.48. The third kappa shape index (κ3) is 5.17. The molecule has 1 aromatic carbocycles. The molecular formula is C13H21NO3. The van der Waals surface area contributed by atoms with Gasteiger partial charge < -0.3 is 20.7 Å². The molecule has 1 unspecified atom stereocenters. The monoisotopic (exact) mass is 239 g/mol. The van der Waals surface area contributed by atoms with E-state index < -0.39 is 5.60 Å². The Morgan fingerprint density at radius 1 is 1.29 bits per heavy atom. The predicted octanol–water partition coefficient (Wildman–Crippen LogP) is 1.05. The molecule has 0 radical (unpaired) electrons. The van der Waals surface area contributed by atoms with Gasteiger partial charge in [-0.15, -0.1) is 0 Å². The van der Waals surface area contributed by atoms with E-state index in [1.54, 1.807) is 6.92 Å². The number of hydrogen-bond acceptors (Lipinski definition) is 4. The van der Waals surface area contributed by atoms with Crippen LogP contribution in [0, 0.1) is 0 Å². The molecule has 0 spiro atoms. The van der Waals surface area contributed by atoms with Crippen molar-refractivity contribution in [1.29, 1.82) is 0 Å². The molecule has 0 aliphatic carbocycles. The van der Waals surface area contributed by atoms with Crippen molar-refractivity contribution in [3.05, 3.63) is 29.8 Å². The molecule has 0 aliphatic rings. The normalized spacial score (nSPS) is 14.4. The zero-order chi connectivity index (χ0) is 12.7. The Morgan fingerprint density at radius 2 is 1.94 bits per heavy atom. The van der Waals surface area contributed by atoms with Gasteiger partial charge in [-0.25, -0.2) is 0 Å². The van der Waals surface area contributed by atoms with Crippen molar-refractivity contribution in [3.8, 4) is 5.75 Å². The van der Waals surface area contributed by atoms with Gasteiger partial charge in [0.1, 0.15) is 5.75 Å². The number of aliphatic hydroxyl groups excluding tert-OH is 1. The quantitative estimate of drug-likeness (QED) is 0.622. The first-order chi connectivity index (χ1) is 8.07. The van der Waals surface area contributed by atoms with Crippen LogP contribution in [0.15, 0.2) is 24.3 Å². The number of hydrogen-bond donors (Lipinski definition) is 3. The third-order valence-corrected chi connectivity index (χ3v) is 2.67. The maximum atomic E-state index is 9.68. The van der Waals surface area contributed by atoms with Crippen molar-refractivity contribution >= 4 is 0 Å². The van der Waals surface area contributed by atoms with E-state index in [1.807, 2.05) is 24.3 Å². The summed E-state index contributed by atoms with van der Waals surface area (Å²) in [7, 11) is 0. The van der Waals surface area contributed by atoms with Crippen LogP contribution < -0.4 is 10.5 Å². The molecule has 1 aromatic rings. The SMILES string of the molecule is CC(O)(CN)CCCOc1ccc(CO)cc1. The zero-order valence-corrected chi connectivity index (χ0v) is 10.2. The van der Waals surface area contributed by atoms with Gasteiger partial charge in [-0.3, -0.25) is 0 Å². The Kier molecular flexibility index (Phi) is 5.41. The maximum absolute atomic E-state index is 9.68. The molecular weight excluding hydrogens is 218 g/mol. The minimum absolute atomic E-state index is 0.0413. The highest BCUT2D eigenvalue weighted by Gasteiger charge is 2.16. The van der Waals surface area contributed by atoms with E-state index in [9.17, 15) is 5.11 Å². The van der Waals surface area contributed by atoms with Crippen LogP contribution in [0.3, 0.4) is 0 Å². The van der Waals surface area contributed by atoms with Gasteiger partial charge in [-0.2, -0.15) is 0 Å². The molecule has 0 bridgehead atoms. The van der Waals surface area contributed by atoms with Crippen LogP contribution in [0.4, 0.5) is 0 Å². The van der Waals surface area contributed by atoms with Crippen molar-refractivity contribution < 1.29 is 14.9 Å². The van der Waals surface area contributed by atoms with E-state index in [2.05, 4.69) is 0 Å². The highest BCUT2D eigenvalue weighted by Crippen LogP contribution is 2.14. The molecule has 0 amide bonds. The first-order valence-corrected chi connectivity index (χ1v) is 5.82. The topological polar surface area (TPSA) is 75.7 Å². The molecule has 1 atom stereocenters. The standard InChI is InChI=1S/C13H21NO3/c1-13(16,10-14)7-2-8-17-12-5-3-11(9-15)4-6-12/h3-6,15-16H,2,7-10,14H2,1H3. The third-order valence-electron chi connectivity index (χ3n) is 2.67. The average molecular weight is 239 g/mol. The van der Waals surface area contributed by atoms with E-state index in [1.165, 1.54) is 0 Å². The van der Waals surface area contributed by atoms with E-state index in [0.717, 1.165) is 17.7 Å². The van der Waals surface area contributed by atoms with Gasteiger partial charge in [-0.1, -0.05) is 12.1 Å². The number of ether oxygens (including phenoxy) is 1. The molecule has 17 heavy (non-hydrogen) atoms. The molecule has 96 valence electrons. The summed E-state index contributed by atoms with van der Waals surface area (Å²) in [5.74, 6) is 0.773. The van der Waals surface area contributed by atoms with Crippen molar-refractivity contribution in [3.63, 3.8) is 0 Å². The van der Waals surface area contributed by atoms with Crippen LogP contribution in [0.1, 0.15) is 25.3 Å². The molecule has 4 N–H and O–H groups in total. The van der Waals surface area contributed by atoms with E-state index in [0.29, 0.717) is 13.0 Å². The molecule has 4 nitrogen and oxygen atoms in total. The van der Waals surface area contributed by atoms with E-state index in [-0.39, 0.29) is 13.2 Å². The summed E-state index contributed by atoms with van der Waals surface area (Å²) in [5, 5.41) is 18.6. The summed E-state index contributed by atoms with van der Waals surface area (Å²) in [6, 6.07) is 7.30. The van der Waals surface area contributed by atoms with Gasteiger partial charge in [0.15, 0.2) is 0 Å². The second-order valence-corrected chi connectivity index (χ2v) is 4.46. The number of aliphatic hydroxyl groups is 2. The molecule has 0 aliphatic heterocycles. The van der Waals surface area contributed by atoms with Gasteiger partial charge in [-0.05, 0) is 37.5 Å². The number of benzene rings is 1. The first kappa shape index (κ1) is 14.0. The lowest BCUT2D eigenvalue weighted by Crippen LogP contribution is -2.34. The number of rotatable bonds is 7. The molecule has 0 heterocycles. The van der Waals surface area contributed by atoms with Crippen LogP contribution in [0.25, 0.3) is 0 Å². The maximum Gasteiger partial charge on any atom is 0.119 e. The summed E-state index contributed by atoms with van der Waals surface area (Å²) in [6.07, 6.45) is 1.38. The van der Waals surface area contributed by atoms with Crippen molar-refractivity contribution in [2.24, 2.45) is 5.73 Å². The summed E-state index contributed by atoms with van der Waals surface area (Å²) in [6.45, 7) is 2.58. The van der Waals surface area contributed by atoms with Crippen LogP contribution in [-0.2, 0) is 6.61 Å². The molecule has 0 saturated carbocycles. The molecule has 0 fully saturated rings. The van der Waals surface area contributed by atoms with Crippen molar-refractivity contribution in [2.75, 3.05) is 13.2 Å². The lowest BCUT2D eigenvalue weighted by Gasteiger charge is -2.20. The van der Waals surface area contributed by atoms with Gasteiger partial charge in [0.25, 0.3) is 0 Å². The Labute approximate surface area is 102 Å². The van der Waals surface area contributed by atoms with Gasteiger partial charge >= 0.3 is 0 Å². The molecule has 1 rings (SSSR count). The van der Waals surface area contributed by atoms with E-state index in [4.69, 9.17) is 15.6 Å². The van der Waals surface area contributed by atoms with Crippen LogP contribution >= 0.6 is 0 Å². The second-order valence-electron chi connectivity index (χ2n) is 4.46. The zero-order valence-electron chi connectivity index (χ0n) is 10.2. The Hall–Kier alpha value is -1.10. The smallest absolute Gasteiger partial charge is 0.119 e. The van der Waals surface area contributed by atoms with Gasteiger partial charge in [0.2, 0.25) is 0 Å². The van der Waals surface area contributed by atoms with Gasteiger partial charge in [0, 0.05) is 6.54 Å². The highest BCUT2D eigenvalue weighted by atomic mass is 16.5. The minimum Gasteiger partial charge on any atom is -0.494 e. The van der Waals surface area contributed by atoms with Crippen LogP contribution in [-0.4, -0.2) is 29.0 Å². The lowest BCUT2D eigenvalue weighted by atomic mass is 10.0. The fourth-order valence-corrected chi connectivity index (χ4v) is 1.44. The number of nitrogens with two attached hydrogens (primary N) is 1. The predicted molar refractivity (Wildman–Crippen MR) is 66.8 cm³/mol. The summed E-state index contributed by atoms with van der Waals surface area (Å²) in [4.78, 5) is 0. The summed E-state index contributed by atoms with van der Waals surface area (Å²) >= 11 is 0.